The number of hydrogen-bond donors (Lipinski definition) is 1. The first-order chi connectivity index (χ1) is 19.7. The third-order valence-electron chi connectivity index (χ3n) is 6.07. The van der Waals surface area contributed by atoms with Crippen molar-refractivity contribution in [2.75, 3.05) is 13.2 Å². The van der Waals surface area contributed by atoms with Crippen molar-refractivity contribution >= 4 is 65.6 Å². The van der Waals surface area contributed by atoms with Gasteiger partial charge in [-0.1, -0.05) is 62.2 Å². The number of nitrogens with one attached hydrogen (secondary N) is 1. The minimum absolute atomic E-state index is 0.0254. The van der Waals surface area contributed by atoms with E-state index in [2.05, 4.69) is 36.8 Å². The van der Waals surface area contributed by atoms with Crippen LogP contribution in [0.15, 0.2) is 97.7 Å². The zero-order chi connectivity index (χ0) is 29.5. The summed E-state index contributed by atoms with van der Waals surface area (Å²) in [5.41, 5.74) is 2.00. The predicted molar refractivity (Wildman–Crippen MR) is 166 cm³/mol. The number of fused-ring (bicyclic) bond motifs is 2. The Balaban J connectivity index is 0.000000201. The van der Waals surface area contributed by atoms with Crippen LogP contribution in [-0.2, 0) is 16.0 Å². The molecule has 10 heteroatoms. The molecule has 1 N–H and O–H groups in total. The largest absolute Gasteiger partial charge is 0.462 e. The Morgan fingerprint density at radius 1 is 0.780 bits per heavy atom. The first kappa shape index (κ1) is 30.0. The number of carbonyl (C=O) groups is 2. The maximum Gasteiger partial charge on any atom is 0.343 e. The highest BCUT2D eigenvalue weighted by atomic mass is 79.9. The summed E-state index contributed by atoms with van der Waals surface area (Å²) in [6.07, 6.45) is 2.97. The van der Waals surface area contributed by atoms with Gasteiger partial charge in [-0.3, -0.25) is 9.59 Å². The molecule has 0 amide bonds. The van der Waals surface area contributed by atoms with E-state index in [0.29, 0.717) is 22.8 Å². The van der Waals surface area contributed by atoms with Crippen LogP contribution >= 0.6 is 31.9 Å². The van der Waals surface area contributed by atoms with E-state index < -0.39 is 11.9 Å². The first-order valence-electron chi connectivity index (χ1n) is 12.7. The van der Waals surface area contributed by atoms with Gasteiger partial charge in [0.25, 0.3) is 0 Å². The summed E-state index contributed by atoms with van der Waals surface area (Å²) in [5.74, 6) is -1.19. The van der Waals surface area contributed by atoms with Gasteiger partial charge < -0.3 is 19.0 Å². The van der Waals surface area contributed by atoms with Gasteiger partial charge >= 0.3 is 11.9 Å². The molecule has 0 radical (unpaired) electrons. The number of rotatable bonds is 6. The van der Waals surface area contributed by atoms with Crippen LogP contribution in [0, 0.1) is 0 Å². The summed E-state index contributed by atoms with van der Waals surface area (Å²) in [5, 5.41) is 0.954. The topological polar surface area (TPSA) is 107 Å². The van der Waals surface area contributed by atoms with Crippen molar-refractivity contribution in [2.24, 2.45) is 0 Å². The number of halogens is 2. The number of benzene rings is 3. The van der Waals surface area contributed by atoms with Crippen LogP contribution < -0.4 is 10.9 Å². The summed E-state index contributed by atoms with van der Waals surface area (Å²) in [6, 6.07) is 20.7. The molecule has 0 fully saturated rings. The lowest BCUT2D eigenvalue weighted by molar-refractivity contribution is 0.0515. The molecule has 0 unspecified atom stereocenters. The standard InChI is InChI=1S/C19H16BrNO3.C12H10BrNO3/c1-2-24-19(23)16-12-21(11-13-6-4-3-5-7-13)17-9-8-14(20)10-15(17)18(16)22;1-2-17-12(16)9-6-14-10-4-3-7(13)5-8(10)11(9)15/h3-10,12H,2,11H2,1H3;3-6H,2H2,1H3,(H,14,15). The average molecular weight is 682 g/mol. The van der Waals surface area contributed by atoms with Gasteiger partial charge in [-0.25, -0.2) is 9.59 Å². The van der Waals surface area contributed by atoms with Crippen molar-refractivity contribution < 1.29 is 19.1 Å². The van der Waals surface area contributed by atoms with E-state index >= 15 is 0 Å². The van der Waals surface area contributed by atoms with Crippen LogP contribution in [0.4, 0.5) is 0 Å². The highest BCUT2D eigenvalue weighted by molar-refractivity contribution is 9.10. The Bertz CT molecular complexity index is 1850. The molecule has 3 aromatic carbocycles. The van der Waals surface area contributed by atoms with Crippen molar-refractivity contribution in [3.63, 3.8) is 0 Å². The molecule has 0 atom stereocenters. The molecule has 0 aliphatic rings. The van der Waals surface area contributed by atoms with Crippen molar-refractivity contribution in [2.45, 2.75) is 20.4 Å². The Hall–Kier alpha value is -4.02. The van der Waals surface area contributed by atoms with Crippen molar-refractivity contribution in [3.8, 4) is 0 Å². The minimum atomic E-state index is -0.601. The monoisotopic (exact) mass is 680 g/mol. The lowest BCUT2D eigenvalue weighted by atomic mass is 10.1. The molecule has 5 rings (SSSR count). The molecule has 8 nitrogen and oxygen atoms in total. The molecule has 5 aromatic rings. The van der Waals surface area contributed by atoms with Crippen molar-refractivity contribution in [1.82, 2.24) is 9.55 Å². The number of H-pyrrole nitrogens is 1. The number of aromatic amines is 1. The third kappa shape index (κ3) is 7.01. The maximum absolute atomic E-state index is 12.7. The Morgan fingerprint density at radius 2 is 1.37 bits per heavy atom. The van der Waals surface area contributed by atoms with E-state index in [9.17, 15) is 19.2 Å². The van der Waals surface area contributed by atoms with Crippen LogP contribution in [0.25, 0.3) is 21.8 Å². The molecule has 210 valence electrons. The van der Waals surface area contributed by atoms with Gasteiger partial charge in [0, 0.05) is 44.2 Å². The summed E-state index contributed by atoms with van der Waals surface area (Å²) in [4.78, 5) is 51.3. The van der Waals surface area contributed by atoms with Gasteiger partial charge in [0.05, 0.1) is 18.7 Å². The molecule has 2 heterocycles. The second-order valence-corrected chi connectivity index (χ2v) is 10.6. The lowest BCUT2D eigenvalue weighted by Crippen LogP contribution is -2.21. The SMILES string of the molecule is CCOC(=O)c1c[nH]c2ccc(Br)cc2c1=O.CCOC(=O)c1cn(Cc2ccccc2)c2ccc(Br)cc2c1=O. The van der Waals surface area contributed by atoms with Gasteiger partial charge in [0.15, 0.2) is 0 Å². The molecule has 41 heavy (non-hydrogen) atoms. The molecular formula is C31H26Br2N2O6. The second-order valence-electron chi connectivity index (χ2n) is 8.81. The Kier molecular flexibility index (Phi) is 9.91. The molecule has 2 aromatic heterocycles. The molecule has 0 aliphatic heterocycles. The van der Waals surface area contributed by atoms with E-state index in [4.69, 9.17) is 9.47 Å². The number of aromatic nitrogens is 2. The van der Waals surface area contributed by atoms with E-state index in [-0.39, 0.29) is 35.2 Å². The summed E-state index contributed by atoms with van der Waals surface area (Å²) in [7, 11) is 0. The number of nitrogens with zero attached hydrogens (tertiary/aromatic N) is 1. The van der Waals surface area contributed by atoms with Gasteiger partial charge in [0.2, 0.25) is 10.9 Å². The number of esters is 2. The van der Waals surface area contributed by atoms with Crippen LogP contribution in [0.2, 0.25) is 0 Å². The van der Waals surface area contributed by atoms with E-state index in [1.165, 1.54) is 6.20 Å². The van der Waals surface area contributed by atoms with Crippen LogP contribution in [0.1, 0.15) is 40.1 Å². The maximum atomic E-state index is 12.7. The molecular weight excluding hydrogens is 656 g/mol. The fourth-order valence-corrected chi connectivity index (χ4v) is 4.91. The summed E-state index contributed by atoms with van der Waals surface area (Å²) < 4.78 is 13.3. The number of hydrogen-bond acceptors (Lipinski definition) is 6. The second kappa shape index (κ2) is 13.6. The van der Waals surface area contributed by atoms with Gasteiger partial charge in [-0.2, -0.15) is 0 Å². The number of pyridine rings is 2. The fraction of sp³-hybridized carbons (Fsp3) is 0.161. The molecule has 0 bridgehead atoms. The Labute approximate surface area is 252 Å². The molecule has 0 saturated heterocycles. The predicted octanol–water partition coefficient (Wildman–Crippen LogP) is 6.46. The fourth-order valence-electron chi connectivity index (χ4n) is 4.19. The lowest BCUT2D eigenvalue weighted by Gasteiger charge is -2.13. The van der Waals surface area contributed by atoms with Crippen LogP contribution in [0.5, 0.6) is 0 Å². The van der Waals surface area contributed by atoms with E-state index in [0.717, 1.165) is 20.0 Å². The number of carbonyl (C=O) groups excluding carboxylic acids is 2. The smallest absolute Gasteiger partial charge is 0.343 e. The normalized spacial score (nSPS) is 10.6. The first-order valence-corrected chi connectivity index (χ1v) is 14.3. The van der Waals surface area contributed by atoms with Crippen molar-refractivity contribution in [1.29, 1.82) is 0 Å². The van der Waals surface area contributed by atoms with E-state index in [1.54, 1.807) is 38.2 Å². The zero-order valence-electron chi connectivity index (χ0n) is 22.3. The third-order valence-corrected chi connectivity index (χ3v) is 7.06. The van der Waals surface area contributed by atoms with Gasteiger partial charge in [-0.15, -0.1) is 0 Å². The van der Waals surface area contributed by atoms with Gasteiger partial charge in [-0.05, 0) is 55.8 Å². The Morgan fingerprint density at radius 3 is 2.02 bits per heavy atom. The molecule has 0 spiro atoms. The highest BCUT2D eigenvalue weighted by Gasteiger charge is 2.17. The number of ether oxygens (including phenoxy) is 2. The minimum Gasteiger partial charge on any atom is -0.462 e. The molecule has 0 aliphatic carbocycles. The zero-order valence-corrected chi connectivity index (χ0v) is 25.5. The van der Waals surface area contributed by atoms with Gasteiger partial charge in [0.1, 0.15) is 11.1 Å². The average Bonchev–Trinajstić information content (AvgIpc) is 2.96. The van der Waals surface area contributed by atoms with Crippen LogP contribution in [0.3, 0.4) is 0 Å². The van der Waals surface area contributed by atoms with E-state index in [1.807, 2.05) is 53.1 Å². The highest BCUT2D eigenvalue weighted by Crippen LogP contribution is 2.20. The van der Waals surface area contributed by atoms with Crippen LogP contribution in [-0.4, -0.2) is 34.7 Å². The van der Waals surface area contributed by atoms with Crippen molar-refractivity contribution in [3.05, 3.63) is 125 Å². The quantitative estimate of drug-likeness (QED) is 0.206. The summed E-state index contributed by atoms with van der Waals surface area (Å²) >= 11 is 6.68. The molecule has 0 saturated carbocycles. The summed E-state index contributed by atoms with van der Waals surface area (Å²) in [6.45, 7) is 4.45.